The summed E-state index contributed by atoms with van der Waals surface area (Å²) in [5.74, 6) is 0.0724. The normalized spacial score (nSPS) is 14.7. The second-order valence-corrected chi connectivity index (χ2v) is 8.12. The molecule has 0 bridgehead atoms. The zero-order valence-corrected chi connectivity index (χ0v) is 17.6. The number of carbonyl (C=O) groups is 1. The van der Waals surface area contributed by atoms with Crippen LogP contribution in [-0.2, 0) is 4.79 Å². The minimum absolute atomic E-state index is 0.0312. The van der Waals surface area contributed by atoms with Crippen LogP contribution in [0.5, 0.6) is 0 Å². The lowest BCUT2D eigenvalue weighted by Gasteiger charge is -2.31. The maximum absolute atomic E-state index is 12.9. The molecule has 0 aliphatic carbocycles. The molecular weight excluding hydrogens is 370 g/mol. The second-order valence-electron chi connectivity index (χ2n) is 8.12. The van der Waals surface area contributed by atoms with Crippen LogP contribution in [-0.4, -0.2) is 39.1 Å². The number of carbonyl (C=O) groups excluding carboxylic acids is 1. The molecule has 4 nitrogen and oxygen atoms in total. The van der Waals surface area contributed by atoms with Crippen molar-refractivity contribution in [1.82, 2.24) is 0 Å². The predicted octanol–water partition coefficient (Wildman–Crippen LogP) is 3.18. The molecule has 0 unspecified atom stereocenters. The van der Waals surface area contributed by atoms with Crippen LogP contribution >= 0.6 is 0 Å². The first kappa shape index (κ1) is 20.2. The standard InChI is InChI=1S/C26H29N3O/c1-28-16-18-29(19-17-28)24-14-12-23(13-15-24)27-26(30)20-25(21-8-4-2-5-9-21)22-10-6-3-7-11-22/h2-15,25H,16-20H2,1H3,(H,27,30)/p+1. The first-order valence-electron chi connectivity index (χ1n) is 10.7. The summed E-state index contributed by atoms with van der Waals surface area (Å²) in [7, 11) is 2.24. The highest BCUT2D eigenvalue weighted by atomic mass is 16.1. The average Bonchev–Trinajstić information content (AvgIpc) is 2.80. The monoisotopic (exact) mass is 400 g/mol. The van der Waals surface area contributed by atoms with E-state index in [9.17, 15) is 4.79 Å². The van der Waals surface area contributed by atoms with Gasteiger partial charge in [0.05, 0.1) is 33.2 Å². The van der Waals surface area contributed by atoms with Gasteiger partial charge in [0.1, 0.15) is 0 Å². The molecular formula is C26H30N3O+. The van der Waals surface area contributed by atoms with Crippen molar-refractivity contribution < 1.29 is 9.69 Å². The molecule has 30 heavy (non-hydrogen) atoms. The van der Waals surface area contributed by atoms with Crippen molar-refractivity contribution >= 4 is 17.3 Å². The lowest BCUT2D eigenvalue weighted by Crippen LogP contribution is -3.12. The molecule has 1 heterocycles. The minimum atomic E-state index is 0.0312. The topological polar surface area (TPSA) is 36.8 Å². The van der Waals surface area contributed by atoms with Crippen molar-refractivity contribution in [2.24, 2.45) is 0 Å². The summed E-state index contributed by atoms with van der Waals surface area (Å²) in [5, 5.41) is 3.09. The summed E-state index contributed by atoms with van der Waals surface area (Å²) in [6.45, 7) is 4.48. The fraction of sp³-hybridized carbons (Fsp3) is 0.269. The van der Waals surface area contributed by atoms with Crippen molar-refractivity contribution in [2.75, 3.05) is 43.4 Å². The predicted molar refractivity (Wildman–Crippen MR) is 123 cm³/mol. The molecule has 0 atom stereocenters. The molecule has 1 amide bonds. The van der Waals surface area contributed by atoms with Crippen LogP contribution in [0.3, 0.4) is 0 Å². The molecule has 0 saturated carbocycles. The Kier molecular flexibility index (Phi) is 6.45. The zero-order valence-electron chi connectivity index (χ0n) is 17.6. The lowest BCUT2D eigenvalue weighted by atomic mass is 9.88. The summed E-state index contributed by atoms with van der Waals surface area (Å²) in [4.78, 5) is 16.9. The second kappa shape index (κ2) is 9.59. The molecule has 4 rings (SSSR count). The number of anilines is 2. The molecule has 0 radical (unpaired) electrons. The quantitative estimate of drug-likeness (QED) is 0.667. The first-order chi connectivity index (χ1) is 14.7. The number of nitrogens with one attached hydrogen (secondary N) is 2. The zero-order chi connectivity index (χ0) is 20.8. The molecule has 1 saturated heterocycles. The van der Waals surface area contributed by atoms with E-state index in [2.05, 4.69) is 53.7 Å². The lowest BCUT2D eigenvalue weighted by molar-refractivity contribution is -0.880. The van der Waals surface area contributed by atoms with Crippen LogP contribution in [0.4, 0.5) is 11.4 Å². The van der Waals surface area contributed by atoms with E-state index in [1.54, 1.807) is 4.90 Å². The van der Waals surface area contributed by atoms with Gasteiger partial charge in [-0.15, -0.1) is 0 Å². The van der Waals surface area contributed by atoms with Crippen molar-refractivity contribution in [1.29, 1.82) is 0 Å². The van der Waals surface area contributed by atoms with Crippen LogP contribution in [0.25, 0.3) is 0 Å². The Balaban J connectivity index is 1.42. The number of quaternary nitrogens is 1. The van der Waals surface area contributed by atoms with Gasteiger partial charge in [0.2, 0.25) is 5.91 Å². The number of hydrogen-bond acceptors (Lipinski definition) is 2. The number of amides is 1. The van der Waals surface area contributed by atoms with Gasteiger partial charge in [-0.25, -0.2) is 0 Å². The van der Waals surface area contributed by atoms with Gasteiger partial charge in [-0.1, -0.05) is 60.7 Å². The third-order valence-electron chi connectivity index (χ3n) is 5.93. The van der Waals surface area contributed by atoms with Gasteiger partial charge in [-0.2, -0.15) is 0 Å². The van der Waals surface area contributed by atoms with Crippen molar-refractivity contribution in [3.8, 4) is 0 Å². The summed E-state index contributed by atoms with van der Waals surface area (Å²) >= 11 is 0. The fourth-order valence-corrected chi connectivity index (χ4v) is 4.10. The third kappa shape index (κ3) is 5.08. The van der Waals surface area contributed by atoms with Gasteiger partial charge in [-0.05, 0) is 35.4 Å². The molecule has 154 valence electrons. The molecule has 3 aromatic rings. The van der Waals surface area contributed by atoms with E-state index in [0.29, 0.717) is 6.42 Å². The van der Waals surface area contributed by atoms with E-state index < -0.39 is 0 Å². The van der Waals surface area contributed by atoms with Gasteiger partial charge < -0.3 is 15.1 Å². The Morgan fingerprint density at radius 3 is 1.93 bits per heavy atom. The number of benzene rings is 3. The minimum Gasteiger partial charge on any atom is -0.360 e. The van der Waals surface area contributed by atoms with E-state index in [-0.39, 0.29) is 11.8 Å². The smallest absolute Gasteiger partial charge is 0.225 e. The Labute approximate surface area is 179 Å². The van der Waals surface area contributed by atoms with Crippen molar-refractivity contribution in [3.63, 3.8) is 0 Å². The van der Waals surface area contributed by atoms with E-state index in [0.717, 1.165) is 29.9 Å². The van der Waals surface area contributed by atoms with Crippen molar-refractivity contribution in [2.45, 2.75) is 12.3 Å². The number of rotatable bonds is 6. The van der Waals surface area contributed by atoms with E-state index in [1.165, 1.54) is 18.8 Å². The fourth-order valence-electron chi connectivity index (χ4n) is 4.10. The maximum Gasteiger partial charge on any atom is 0.225 e. The average molecular weight is 401 g/mol. The molecule has 1 aliphatic rings. The highest BCUT2D eigenvalue weighted by Crippen LogP contribution is 2.28. The number of hydrogen-bond donors (Lipinski definition) is 2. The number of piperazine rings is 1. The molecule has 4 heteroatoms. The van der Waals surface area contributed by atoms with Crippen LogP contribution in [0, 0.1) is 0 Å². The van der Waals surface area contributed by atoms with Crippen LogP contribution < -0.4 is 15.1 Å². The third-order valence-corrected chi connectivity index (χ3v) is 5.93. The number of likely N-dealkylation sites (N-methyl/N-ethyl adjacent to an activating group) is 1. The van der Waals surface area contributed by atoms with Crippen LogP contribution in [0.2, 0.25) is 0 Å². The number of nitrogens with zero attached hydrogens (tertiary/aromatic N) is 1. The van der Waals surface area contributed by atoms with Gasteiger partial charge in [0.15, 0.2) is 0 Å². The Morgan fingerprint density at radius 2 is 1.40 bits per heavy atom. The van der Waals surface area contributed by atoms with Crippen LogP contribution in [0.15, 0.2) is 84.9 Å². The molecule has 3 aromatic carbocycles. The molecule has 0 aromatic heterocycles. The molecule has 1 fully saturated rings. The summed E-state index contributed by atoms with van der Waals surface area (Å²) < 4.78 is 0. The maximum atomic E-state index is 12.9. The Morgan fingerprint density at radius 1 is 0.867 bits per heavy atom. The van der Waals surface area contributed by atoms with E-state index in [4.69, 9.17) is 0 Å². The van der Waals surface area contributed by atoms with Crippen LogP contribution in [0.1, 0.15) is 23.5 Å². The van der Waals surface area contributed by atoms with E-state index >= 15 is 0 Å². The molecule has 1 aliphatic heterocycles. The largest absolute Gasteiger partial charge is 0.360 e. The van der Waals surface area contributed by atoms with Gasteiger partial charge in [-0.3, -0.25) is 4.79 Å². The van der Waals surface area contributed by atoms with Gasteiger partial charge in [0.25, 0.3) is 0 Å². The summed E-state index contributed by atoms with van der Waals surface area (Å²) in [6.07, 6.45) is 0.414. The summed E-state index contributed by atoms with van der Waals surface area (Å²) in [5.41, 5.74) is 4.40. The first-order valence-corrected chi connectivity index (χ1v) is 10.7. The van der Waals surface area contributed by atoms with Gasteiger partial charge >= 0.3 is 0 Å². The molecule has 2 N–H and O–H groups in total. The Bertz CT molecular complexity index is 894. The SMILES string of the molecule is C[NH+]1CCN(c2ccc(NC(=O)CC(c3ccccc3)c3ccccc3)cc2)CC1. The molecule has 0 spiro atoms. The Hall–Kier alpha value is -3.11. The van der Waals surface area contributed by atoms with E-state index in [1.807, 2.05) is 48.5 Å². The highest BCUT2D eigenvalue weighted by molar-refractivity contribution is 5.91. The highest BCUT2D eigenvalue weighted by Gasteiger charge is 2.19. The summed E-state index contributed by atoms with van der Waals surface area (Å²) in [6, 6.07) is 28.8. The van der Waals surface area contributed by atoms with Crippen molar-refractivity contribution in [3.05, 3.63) is 96.1 Å². The van der Waals surface area contributed by atoms with Gasteiger partial charge in [0, 0.05) is 23.7 Å².